The minimum absolute atomic E-state index is 0.155. The van der Waals surface area contributed by atoms with Crippen molar-refractivity contribution in [2.75, 3.05) is 11.9 Å². The Balaban J connectivity index is 2.35. The molecule has 1 aromatic carbocycles. The Morgan fingerprint density at radius 1 is 1.14 bits per heavy atom. The number of hydrogen-bond acceptors (Lipinski definition) is 3. The number of nitrogens with zero attached hydrogens (tertiary/aromatic N) is 3. The lowest BCUT2D eigenvalue weighted by Gasteiger charge is -2.27. The molecule has 2 rings (SSSR count). The van der Waals surface area contributed by atoms with Crippen molar-refractivity contribution in [1.29, 1.82) is 0 Å². The lowest BCUT2D eigenvalue weighted by atomic mass is 10.1. The molecule has 5 heteroatoms. The lowest BCUT2D eigenvalue weighted by Crippen LogP contribution is -2.24. The first-order valence-corrected chi connectivity index (χ1v) is 7.29. The van der Waals surface area contributed by atoms with Gasteiger partial charge in [-0.1, -0.05) is 43.6 Å². The topological polar surface area (TPSA) is 29.0 Å². The second kappa shape index (κ2) is 6.39. The van der Waals surface area contributed by atoms with E-state index in [1.165, 1.54) is 6.07 Å². The summed E-state index contributed by atoms with van der Waals surface area (Å²) in [4.78, 5) is 10.6. The average Bonchev–Trinajstić information content (AvgIpc) is 2.45. The molecule has 0 amide bonds. The van der Waals surface area contributed by atoms with E-state index in [1.54, 1.807) is 18.2 Å². The molecule has 0 saturated carbocycles. The number of benzene rings is 1. The number of aromatic nitrogens is 2. The van der Waals surface area contributed by atoms with E-state index in [0.29, 0.717) is 22.4 Å². The van der Waals surface area contributed by atoms with Crippen LogP contribution >= 0.6 is 11.6 Å². The van der Waals surface area contributed by atoms with Crippen molar-refractivity contribution < 1.29 is 4.39 Å². The van der Waals surface area contributed by atoms with Crippen LogP contribution in [0.2, 0.25) is 5.15 Å². The van der Waals surface area contributed by atoms with Crippen LogP contribution in [0.4, 0.5) is 10.2 Å². The van der Waals surface area contributed by atoms with E-state index in [1.807, 2.05) is 38.8 Å². The quantitative estimate of drug-likeness (QED) is 0.774. The zero-order chi connectivity index (χ0) is 15.6. The molecule has 0 spiro atoms. The molecule has 0 radical (unpaired) electrons. The van der Waals surface area contributed by atoms with Gasteiger partial charge in [0.15, 0.2) is 0 Å². The van der Waals surface area contributed by atoms with Crippen LogP contribution in [0.3, 0.4) is 0 Å². The molecule has 112 valence electrons. The van der Waals surface area contributed by atoms with Gasteiger partial charge in [0.1, 0.15) is 22.6 Å². The molecular formula is C16H19ClFN3. The lowest BCUT2D eigenvalue weighted by molar-refractivity contribution is 0.583. The van der Waals surface area contributed by atoms with Gasteiger partial charge in [-0.2, -0.15) is 0 Å². The maximum absolute atomic E-state index is 13.9. The monoisotopic (exact) mass is 307 g/mol. The van der Waals surface area contributed by atoms with Crippen LogP contribution in [0.25, 0.3) is 0 Å². The van der Waals surface area contributed by atoms with Crippen molar-refractivity contribution in [2.45, 2.75) is 32.7 Å². The third-order valence-corrected chi connectivity index (χ3v) is 3.71. The molecule has 0 bridgehead atoms. The summed E-state index contributed by atoms with van der Waals surface area (Å²) < 4.78 is 13.9. The zero-order valence-corrected chi connectivity index (χ0v) is 13.4. The summed E-state index contributed by atoms with van der Waals surface area (Å²) in [5.74, 6) is 1.33. The van der Waals surface area contributed by atoms with Gasteiger partial charge < -0.3 is 4.90 Å². The fraction of sp³-hybridized carbons (Fsp3) is 0.375. The van der Waals surface area contributed by atoms with Gasteiger partial charge in [-0.3, -0.25) is 0 Å². The van der Waals surface area contributed by atoms with Gasteiger partial charge in [0.25, 0.3) is 0 Å². The van der Waals surface area contributed by atoms with Gasteiger partial charge in [-0.15, -0.1) is 0 Å². The summed E-state index contributed by atoms with van der Waals surface area (Å²) in [5.41, 5.74) is 0.626. The summed E-state index contributed by atoms with van der Waals surface area (Å²) in [6.07, 6.45) is 0. The third kappa shape index (κ3) is 3.50. The maximum Gasteiger partial charge on any atom is 0.135 e. The van der Waals surface area contributed by atoms with E-state index in [-0.39, 0.29) is 17.8 Å². The minimum atomic E-state index is -0.221. The Hall–Kier alpha value is -1.68. The van der Waals surface area contributed by atoms with Crippen molar-refractivity contribution in [3.8, 4) is 0 Å². The van der Waals surface area contributed by atoms with Crippen LogP contribution in [-0.4, -0.2) is 17.0 Å². The zero-order valence-electron chi connectivity index (χ0n) is 12.6. The second-order valence-electron chi connectivity index (χ2n) is 5.37. The molecule has 1 atom stereocenters. The average molecular weight is 308 g/mol. The molecular weight excluding hydrogens is 289 g/mol. The van der Waals surface area contributed by atoms with Crippen LogP contribution in [0.5, 0.6) is 0 Å². The summed E-state index contributed by atoms with van der Waals surface area (Å²) in [6, 6.07) is 8.30. The molecule has 1 aromatic heterocycles. The van der Waals surface area contributed by atoms with E-state index in [2.05, 4.69) is 9.97 Å². The number of halogens is 2. The van der Waals surface area contributed by atoms with Crippen LogP contribution in [0, 0.1) is 5.82 Å². The molecule has 1 heterocycles. The van der Waals surface area contributed by atoms with Gasteiger partial charge in [-0.05, 0) is 13.0 Å². The highest BCUT2D eigenvalue weighted by molar-refractivity contribution is 6.29. The summed E-state index contributed by atoms with van der Waals surface area (Å²) in [7, 11) is 1.87. The molecule has 0 saturated heterocycles. The molecule has 0 aliphatic carbocycles. The maximum atomic E-state index is 13.9. The van der Waals surface area contributed by atoms with Gasteiger partial charge in [0, 0.05) is 24.6 Å². The first-order chi connectivity index (χ1) is 9.90. The Labute approximate surface area is 129 Å². The summed E-state index contributed by atoms with van der Waals surface area (Å²) >= 11 is 6.07. The van der Waals surface area contributed by atoms with Crippen molar-refractivity contribution >= 4 is 17.4 Å². The summed E-state index contributed by atoms with van der Waals surface area (Å²) in [5, 5.41) is 0.399. The molecule has 0 N–H and O–H groups in total. The Bertz CT molecular complexity index is 631. The largest absolute Gasteiger partial charge is 0.353 e. The van der Waals surface area contributed by atoms with Crippen LogP contribution in [0.1, 0.15) is 44.1 Å². The highest BCUT2D eigenvalue weighted by atomic mass is 35.5. The van der Waals surface area contributed by atoms with E-state index in [0.717, 1.165) is 0 Å². The predicted molar refractivity (Wildman–Crippen MR) is 84.3 cm³/mol. The summed E-state index contributed by atoms with van der Waals surface area (Å²) in [6.45, 7) is 5.95. The fourth-order valence-electron chi connectivity index (χ4n) is 2.08. The van der Waals surface area contributed by atoms with Crippen LogP contribution < -0.4 is 4.90 Å². The van der Waals surface area contributed by atoms with E-state index in [4.69, 9.17) is 11.6 Å². The van der Waals surface area contributed by atoms with E-state index in [9.17, 15) is 4.39 Å². The molecule has 0 aliphatic rings. The van der Waals surface area contributed by atoms with E-state index < -0.39 is 0 Å². The van der Waals surface area contributed by atoms with Crippen LogP contribution in [-0.2, 0) is 0 Å². The van der Waals surface area contributed by atoms with Crippen molar-refractivity contribution in [1.82, 2.24) is 9.97 Å². The van der Waals surface area contributed by atoms with Gasteiger partial charge in [0.05, 0.1) is 6.04 Å². The number of rotatable bonds is 4. The molecule has 1 unspecified atom stereocenters. The first-order valence-electron chi connectivity index (χ1n) is 6.92. The highest BCUT2D eigenvalue weighted by Gasteiger charge is 2.18. The smallest absolute Gasteiger partial charge is 0.135 e. The Morgan fingerprint density at radius 3 is 2.43 bits per heavy atom. The second-order valence-corrected chi connectivity index (χ2v) is 5.76. The SMILES string of the molecule is CC(C)c1nc(Cl)cc(N(C)C(C)c2ccccc2F)n1. The fourth-order valence-corrected chi connectivity index (χ4v) is 2.27. The predicted octanol–water partition coefficient (Wildman–Crippen LogP) is 4.59. The Kier molecular flexibility index (Phi) is 4.78. The molecule has 0 fully saturated rings. The number of hydrogen-bond donors (Lipinski definition) is 0. The van der Waals surface area contributed by atoms with Crippen LogP contribution in [0.15, 0.2) is 30.3 Å². The van der Waals surface area contributed by atoms with Crippen molar-refractivity contribution in [2.24, 2.45) is 0 Å². The molecule has 0 aliphatic heterocycles. The van der Waals surface area contributed by atoms with Crippen molar-refractivity contribution in [3.05, 3.63) is 52.7 Å². The normalized spacial score (nSPS) is 12.5. The standard InChI is InChI=1S/C16H19ClFN3/c1-10(2)16-19-14(17)9-15(20-16)21(4)11(3)12-7-5-6-8-13(12)18/h5-11H,1-4H3. The minimum Gasteiger partial charge on any atom is -0.353 e. The number of anilines is 1. The van der Waals surface area contributed by atoms with Gasteiger partial charge in [0.2, 0.25) is 0 Å². The highest BCUT2D eigenvalue weighted by Crippen LogP contribution is 2.27. The van der Waals surface area contributed by atoms with Gasteiger partial charge in [-0.25, -0.2) is 14.4 Å². The first kappa shape index (κ1) is 15.7. The third-order valence-electron chi connectivity index (χ3n) is 3.51. The van der Waals surface area contributed by atoms with E-state index >= 15 is 0 Å². The van der Waals surface area contributed by atoms with Gasteiger partial charge >= 0.3 is 0 Å². The molecule has 3 nitrogen and oxygen atoms in total. The molecule has 2 aromatic rings. The molecule has 21 heavy (non-hydrogen) atoms. The Morgan fingerprint density at radius 2 is 1.81 bits per heavy atom. The van der Waals surface area contributed by atoms with Crippen molar-refractivity contribution in [3.63, 3.8) is 0 Å².